The molecule has 2 aromatic carbocycles. The number of para-hydroxylation sites is 1. The molecule has 3 rings (SSSR count). The Hall–Kier alpha value is -3.35. The van der Waals surface area contributed by atoms with Crippen molar-refractivity contribution in [2.24, 2.45) is 0 Å². The van der Waals surface area contributed by atoms with Crippen LogP contribution in [0.5, 0.6) is 0 Å². The van der Waals surface area contributed by atoms with E-state index < -0.39 is 11.7 Å². The molecule has 138 valence electrons. The van der Waals surface area contributed by atoms with Crippen molar-refractivity contribution in [1.82, 2.24) is 9.97 Å². The van der Waals surface area contributed by atoms with Crippen LogP contribution in [-0.4, -0.2) is 22.4 Å². The van der Waals surface area contributed by atoms with Gasteiger partial charge in [0.2, 0.25) is 5.95 Å². The zero-order valence-electron chi connectivity index (χ0n) is 14.7. The van der Waals surface area contributed by atoms with Gasteiger partial charge in [0.15, 0.2) is 0 Å². The second-order valence-electron chi connectivity index (χ2n) is 5.96. The Labute approximate surface area is 155 Å². The zero-order chi connectivity index (χ0) is 19.2. The molecule has 0 aliphatic carbocycles. The third-order valence-corrected chi connectivity index (χ3v) is 3.82. The van der Waals surface area contributed by atoms with Gasteiger partial charge in [-0.15, -0.1) is 0 Å². The Kier molecular flexibility index (Phi) is 5.71. The summed E-state index contributed by atoms with van der Waals surface area (Å²) in [5, 5.41) is 5.55. The highest BCUT2D eigenvalue weighted by Gasteiger charge is 2.12. The van der Waals surface area contributed by atoms with Crippen LogP contribution >= 0.6 is 0 Å². The van der Waals surface area contributed by atoms with E-state index in [-0.39, 0.29) is 17.2 Å². The summed E-state index contributed by atoms with van der Waals surface area (Å²) in [6, 6.07) is 13.7. The van der Waals surface area contributed by atoms with Gasteiger partial charge in [-0.1, -0.05) is 24.3 Å². The van der Waals surface area contributed by atoms with Crippen LogP contribution in [0.15, 0.2) is 54.6 Å². The van der Waals surface area contributed by atoms with Crippen LogP contribution in [0.4, 0.5) is 20.4 Å². The Bertz CT molecular complexity index is 945. The number of hydrogen-bond donors (Lipinski definition) is 2. The van der Waals surface area contributed by atoms with E-state index in [4.69, 9.17) is 0 Å². The number of halogens is 2. The van der Waals surface area contributed by atoms with Gasteiger partial charge in [0.25, 0.3) is 5.91 Å². The first kappa shape index (κ1) is 18.4. The molecule has 0 bridgehead atoms. The molecule has 0 fully saturated rings. The van der Waals surface area contributed by atoms with E-state index in [0.29, 0.717) is 24.6 Å². The molecular formula is C20H18F2N4O. The van der Waals surface area contributed by atoms with Gasteiger partial charge in [0.05, 0.1) is 5.69 Å². The lowest BCUT2D eigenvalue weighted by molar-refractivity contribution is 0.102. The lowest BCUT2D eigenvalue weighted by Crippen LogP contribution is -2.17. The predicted molar refractivity (Wildman–Crippen MR) is 99.7 cm³/mol. The van der Waals surface area contributed by atoms with Crippen molar-refractivity contribution in [3.05, 3.63) is 83.2 Å². The molecule has 1 amide bonds. The van der Waals surface area contributed by atoms with Crippen molar-refractivity contribution in [2.75, 3.05) is 17.2 Å². The molecular weight excluding hydrogens is 350 g/mol. The van der Waals surface area contributed by atoms with Crippen molar-refractivity contribution in [2.45, 2.75) is 13.3 Å². The van der Waals surface area contributed by atoms with Crippen LogP contribution < -0.4 is 10.6 Å². The minimum absolute atomic E-state index is 0.0876. The molecule has 0 aliphatic heterocycles. The number of hydrogen-bond acceptors (Lipinski definition) is 4. The van der Waals surface area contributed by atoms with E-state index in [0.717, 1.165) is 5.56 Å². The molecule has 0 radical (unpaired) electrons. The number of nitrogens with zero attached hydrogens (tertiary/aromatic N) is 2. The van der Waals surface area contributed by atoms with Gasteiger partial charge < -0.3 is 10.6 Å². The Morgan fingerprint density at radius 3 is 2.52 bits per heavy atom. The number of carbonyl (C=O) groups is 1. The molecule has 7 heteroatoms. The van der Waals surface area contributed by atoms with Crippen LogP contribution in [-0.2, 0) is 6.42 Å². The molecule has 0 saturated heterocycles. The number of aryl methyl sites for hydroxylation is 1. The van der Waals surface area contributed by atoms with Gasteiger partial charge >= 0.3 is 0 Å². The maximum atomic E-state index is 13.7. The molecule has 0 atom stereocenters. The summed E-state index contributed by atoms with van der Waals surface area (Å²) in [5.74, 6) is -1.02. The van der Waals surface area contributed by atoms with Gasteiger partial charge in [-0.2, -0.15) is 0 Å². The summed E-state index contributed by atoms with van der Waals surface area (Å²) in [4.78, 5) is 20.8. The van der Waals surface area contributed by atoms with E-state index in [1.54, 1.807) is 31.2 Å². The molecule has 27 heavy (non-hydrogen) atoms. The lowest BCUT2D eigenvalue weighted by Gasteiger charge is -2.09. The fourth-order valence-electron chi connectivity index (χ4n) is 2.48. The molecule has 1 heterocycles. The molecule has 0 aliphatic rings. The molecule has 0 unspecified atom stereocenters. The van der Waals surface area contributed by atoms with Crippen molar-refractivity contribution in [3.8, 4) is 0 Å². The standard InChI is InChI=1S/C20H18F2N4O/c1-13-12-18(19(27)25-17-5-3-2-4-16(17)22)26-20(24-13)23-11-10-14-6-8-15(21)9-7-14/h2-9,12H,10-11H2,1H3,(H,25,27)(H,23,24,26). The highest BCUT2D eigenvalue weighted by Crippen LogP contribution is 2.14. The fourth-order valence-corrected chi connectivity index (χ4v) is 2.48. The number of aromatic nitrogens is 2. The van der Waals surface area contributed by atoms with Crippen LogP contribution in [0, 0.1) is 18.6 Å². The molecule has 0 spiro atoms. The minimum atomic E-state index is -0.521. The monoisotopic (exact) mass is 368 g/mol. The normalized spacial score (nSPS) is 10.5. The summed E-state index contributed by atoms with van der Waals surface area (Å²) < 4.78 is 26.6. The third kappa shape index (κ3) is 5.07. The highest BCUT2D eigenvalue weighted by molar-refractivity contribution is 6.03. The first-order valence-corrected chi connectivity index (χ1v) is 8.41. The van der Waals surface area contributed by atoms with Crippen LogP contribution in [0.2, 0.25) is 0 Å². The van der Waals surface area contributed by atoms with Gasteiger partial charge in [-0.3, -0.25) is 4.79 Å². The van der Waals surface area contributed by atoms with Gasteiger partial charge in [0.1, 0.15) is 17.3 Å². The summed E-state index contributed by atoms with van der Waals surface area (Å²) in [5.41, 5.74) is 1.79. The van der Waals surface area contributed by atoms with Gasteiger partial charge in [-0.25, -0.2) is 18.7 Å². The second-order valence-corrected chi connectivity index (χ2v) is 5.96. The number of nitrogens with one attached hydrogen (secondary N) is 2. The lowest BCUT2D eigenvalue weighted by atomic mass is 10.1. The summed E-state index contributed by atoms with van der Waals surface area (Å²) in [7, 11) is 0. The number of amides is 1. The van der Waals surface area contributed by atoms with Gasteiger partial charge in [-0.05, 0) is 49.2 Å². The van der Waals surface area contributed by atoms with Crippen molar-refractivity contribution < 1.29 is 13.6 Å². The maximum Gasteiger partial charge on any atom is 0.274 e. The Balaban J connectivity index is 1.65. The molecule has 2 N–H and O–H groups in total. The van der Waals surface area contributed by atoms with Crippen LogP contribution in [0.1, 0.15) is 21.7 Å². The van der Waals surface area contributed by atoms with Gasteiger partial charge in [0, 0.05) is 12.2 Å². The van der Waals surface area contributed by atoms with E-state index in [2.05, 4.69) is 20.6 Å². The molecule has 5 nitrogen and oxygen atoms in total. The molecule has 3 aromatic rings. The average molecular weight is 368 g/mol. The maximum absolute atomic E-state index is 13.7. The van der Waals surface area contributed by atoms with Crippen molar-refractivity contribution >= 4 is 17.5 Å². The van der Waals surface area contributed by atoms with E-state index >= 15 is 0 Å². The van der Waals surface area contributed by atoms with E-state index in [1.165, 1.54) is 30.3 Å². The Morgan fingerprint density at radius 1 is 1.04 bits per heavy atom. The number of carbonyl (C=O) groups excluding carboxylic acids is 1. The number of anilines is 2. The minimum Gasteiger partial charge on any atom is -0.354 e. The first-order chi connectivity index (χ1) is 13.0. The first-order valence-electron chi connectivity index (χ1n) is 8.41. The smallest absolute Gasteiger partial charge is 0.274 e. The summed E-state index contributed by atoms with van der Waals surface area (Å²) >= 11 is 0. The van der Waals surface area contributed by atoms with E-state index in [1.807, 2.05) is 0 Å². The third-order valence-electron chi connectivity index (χ3n) is 3.82. The summed E-state index contributed by atoms with van der Waals surface area (Å²) in [6.45, 7) is 2.26. The highest BCUT2D eigenvalue weighted by atomic mass is 19.1. The fraction of sp³-hybridized carbons (Fsp3) is 0.150. The van der Waals surface area contributed by atoms with Crippen molar-refractivity contribution in [3.63, 3.8) is 0 Å². The van der Waals surface area contributed by atoms with Crippen LogP contribution in [0.25, 0.3) is 0 Å². The SMILES string of the molecule is Cc1cc(C(=O)Nc2ccccc2F)nc(NCCc2ccc(F)cc2)n1. The average Bonchev–Trinajstić information content (AvgIpc) is 2.65. The molecule has 1 aromatic heterocycles. The largest absolute Gasteiger partial charge is 0.354 e. The summed E-state index contributed by atoms with van der Waals surface area (Å²) in [6.07, 6.45) is 0.647. The second kappa shape index (κ2) is 8.35. The van der Waals surface area contributed by atoms with E-state index in [9.17, 15) is 13.6 Å². The number of rotatable bonds is 6. The van der Waals surface area contributed by atoms with Crippen molar-refractivity contribution in [1.29, 1.82) is 0 Å². The Morgan fingerprint density at radius 2 is 1.78 bits per heavy atom. The topological polar surface area (TPSA) is 66.9 Å². The number of benzene rings is 2. The molecule has 0 saturated carbocycles. The van der Waals surface area contributed by atoms with Crippen LogP contribution in [0.3, 0.4) is 0 Å². The quantitative estimate of drug-likeness (QED) is 0.691. The zero-order valence-corrected chi connectivity index (χ0v) is 14.7. The predicted octanol–water partition coefficient (Wildman–Crippen LogP) is 3.97.